The van der Waals surface area contributed by atoms with Gasteiger partial charge in [0.2, 0.25) is 11.0 Å². The summed E-state index contributed by atoms with van der Waals surface area (Å²) in [5, 5.41) is 15.7. The molecule has 26 heavy (non-hydrogen) atoms. The molecule has 0 spiro atoms. The van der Waals surface area contributed by atoms with Crippen molar-refractivity contribution in [3.8, 4) is 0 Å². The molecule has 0 aliphatic carbocycles. The number of thioether (sulfide) groups is 2. The second kappa shape index (κ2) is 10.9. The van der Waals surface area contributed by atoms with Crippen LogP contribution in [-0.4, -0.2) is 49.3 Å². The van der Waals surface area contributed by atoms with Gasteiger partial charge in [-0.1, -0.05) is 11.8 Å². The summed E-state index contributed by atoms with van der Waals surface area (Å²) in [6.07, 6.45) is 2.40. The van der Waals surface area contributed by atoms with Crippen molar-refractivity contribution in [2.45, 2.75) is 12.5 Å². The van der Waals surface area contributed by atoms with Gasteiger partial charge in [0, 0.05) is 31.7 Å². The lowest BCUT2D eigenvalue weighted by atomic mass is 10.2. The van der Waals surface area contributed by atoms with E-state index in [1.54, 1.807) is 6.20 Å². The molecule has 1 heterocycles. The highest BCUT2D eigenvalue weighted by atomic mass is 32.2. The molecule has 9 heteroatoms. The molecule has 7 nitrogen and oxygen atoms in total. The number of carbonyl (C=O) groups is 2. The Kier molecular flexibility index (Phi) is 8.49. The Bertz CT molecular complexity index is 662. The molecule has 2 rings (SSSR count). The Balaban J connectivity index is 1.57. The van der Waals surface area contributed by atoms with E-state index in [9.17, 15) is 9.59 Å². The van der Waals surface area contributed by atoms with Crippen LogP contribution in [0.15, 0.2) is 46.1 Å². The Morgan fingerprint density at radius 3 is 2.81 bits per heavy atom. The van der Waals surface area contributed by atoms with Gasteiger partial charge >= 0.3 is 0 Å². The molecule has 2 N–H and O–H groups in total. The molecule has 1 aliphatic heterocycles. The zero-order chi connectivity index (χ0) is 18.8. The van der Waals surface area contributed by atoms with Crippen LogP contribution in [0.3, 0.4) is 0 Å². The molecular formula is C17H23N5O2S2. The molecule has 1 fully saturated rings. The first-order valence-corrected chi connectivity index (χ1v) is 10.2. The molecule has 1 aliphatic rings. The quantitative estimate of drug-likeness (QED) is 0.496. The molecule has 1 aromatic carbocycles. The minimum atomic E-state index is -0.333. The second-order valence-electron chi connectivity index (χ2n) is 5.71. The van der Waals surface area contributed by atoms with Crippen molar-refractivity contribution >= 4 is 45.9 Å². The largest absolute Gasteiger partial charge is 0.382 e. The first-order valence-electron chi connectivity index (χ1n) is 8.17. The fourth-order valence-electron chi connectivity index (χ4n) is 2.12. The van der Waals surface area contributed by atoms with Crippen LogP contribution >= 0.6 is 23.5 Å². The van der Waals surface area contributed by atoms with Crippen molar-refractivity contribution < 1.29 is 9.59 Å². The Hall–Kier alpha value is -2.00. The fraction of sp³-hybridized carbons (Fsp3) is 0.412. The lowest BCUT2D eigenvalue weighted by molar-refractivity contribution is -0.123. The first kappa shape index (κ1) is 20.3. The monoisotopic (exact) mass is 393 g/mol. The number of nitrogens with zero attached hydrogens (tertiary/aromatic N) is 3. The molecule has 1 atom stereocenters. The summed E-state index contributed by atoms with van der Waals surface area (Å²) in [6.45, 7) is 0.144. The summed E-state index contributed by atoms with van der Waals surface area (Å²) in [5.74, 6) is 1.09. The maximum absolute atomic E-state index is 11.7. The van der Waals surface area contributed by atoms with Gasteiger partial charge in [0.25, 0.3) is 0 Å². The Morgan fingerprint density at radius 1 is 1.38 bits per heavy atom. The van der Waals surface area contributed by atoms with Gasteiger partial charge in [-0.2, -0.15) is 10.2 Å². The summed E-state index contributed by atoms with van der Waals surface area (Å²) >= 11 is 2.74. The molecule has 1 unspecified atom stereocenters. The minimum absolute atomic E-state index is 0.0474. The van der Waals surface area contributed by atoms with Crippen LogP contribution < -0.4 is 15.5 Å². The molecular weight excluding hydrogens is 370 g/mol. The van der Waals surface area contributed by atoms with Crippen LogP contribution in [0, 0.1) is 0 Å². The summed E-state index contributed by atoms with van der Waals surface area (Å²) in [7, 11) is 3.98. The van der Waals surface area contributed by atoms with Crippen molar-refractivity contribution in [2.75, 3.05) is 37.2 Å². The van der Waals surface area contributed by atoms with Crippen molar-refractivity contribution in [3.05, 3.63) is 35.9 Å². The number of carbonyl (C=O) groups excluding carboxylic acids is 2. The number of benzene rings is 1. The molecule has 1 amide bonds. The number of azo groups is 1. The number of anilines is 1. The Labute approximate surface area is 162 Å². The van der Waals surface area contributed by atoms with Crippen molar-refractivity contribution in [3.63, 3.8) is 0 Å². The maximum Gasteiger partial charge on any atom is 0.239 e. The van der Waals surface area contributed by atoms with Crippen molar-refractivity contribution in [1.29, 1.82) is 0 Å². The van der Waals surface area contributed by atoms with Gasteiger partial charge in [0.1, 0.15) is 5.88 Å². The van der Waals surface area contributed by atoms with Crippen LogP contribution in [0.2, 0.25) is 0 Å². The third kappa shape index (κ3) is 7.09. The smallest absolute Gasteiger partial charge is 0.239 e. The van der Waals surface area contributed by atoms with E-state index in [0.29, 0.717) is 12.3 Å². The summed E-state index contributed by atoms with van der Waals surface area (Å²) < 4.78 is 0. The van der Waals surface area contributed by atoms with E-state index in [-0.39, 0.29) is 23.6 Å². The van der Waals surface area contributed by atoms with E-state index in [1.165, 1.54) is 23.5 Å². The zero-order valence-electron chi connectivity index (χ0n) is 14.8. The zero-order valence-corrected chi connectivity index (χ0v) is 16.5. The molecule has 0 bridgehead atoms. The molecule has 0 aromatic heterocycles. The van der Waals surface area contributed by atoms with Crippen LogP contribution in [0.1, 0.15) is 6.42 Å². The highest BCUT2D eigenvalue weighted by Gasteiger charge is 2.26. The summed E-state index contributed by atoms with van der Waals surface area (Å²) in [6, 6.07) is 7.50. The highest BCUT2D eigenvalue weighted by molar-refractivity contribution is 8.14. The standard InChI is InChI=1S/C17H23N5O2S2/c1-22(2)14-5-3-13(4-6-14)21-19-12-25-10-8-18-11-16(23)20-15-7-9-26-17(15)24/h3-6,8,10,15,18H,7,9,11-12H2,1-2H3,(H,20,23)/b10-8-,21-19?. The second-order valence-corrected chi connectivity index (χ2v) is 7.67. The number of rotatable bonds is 9. The van der Waals surface area contributed by atoms with Crippen molar-refractivity contribution in [1.82, 2.24) is 10.6 Å². The predicted molar refractivity (Wildman–Crippen MR) is 109 cm³/mol. The lowest BCUT2D eigenvalue weighted by Crippen LogP contribution is -2.41. The highest BCUT2D eigenvalue weighted by Crippen LogP contribution is 2.19. The van der Waals surface area contributed by atoms with Gasteiger partial charge in [-0.15, -0.1) is 11.8 Å². The van der Waals surface area contributed by atoms with E-state index in [0.717, 1.165) is 17.1 Å². The normalized spacial score (nSPS) is 17.2. The number of nitrogens with one attached hydrogen (secondary N) is 2. The van der Waals surface area contributed by atoms with Gasteiger partial charge in [-0.25, -0.2) is 0 Å². The van der Waals surface area contributed by atoms with Crippen LogP contribution in [0.5, 0.6) is 0 Å². The SMILES string of the molecule is CN(C)c1ccc(N=NCS/C=C\NCC(=O)NC2CCSC2=O)cc1. The minimum Gasteiger partial charge on any atom is -0.382 e. The average molecular weight is 394 g/mol. The fourth-order valence-corrected chi connectivity index (χ4v) is 3.46. The molecule has 0 saturated carbocycles. The maximum atomic E-state index is 11.7. The third-order valence-electron chi connectivity index (χ3n) is 3.50. The molecule has 1 saturated heterocycles. The van der Waals surface area contributed by atoms with Gasteiger partial charge in [0.15, 0.2) is 0 Å². The predicted octanol–water partition coefficient (Wildman–Crippen LogP) is 2.74. The number of hydrogen-bond acceptors (Lipinski definition) is 8. The number of hydrogen-bond donors (Lipinski definition) is 2. The molecule has 140 valence electrons. The van der Waals surface area contributed by atoms with Crippen LogP contribution in [0.25, 0.3) is 0 Å². The molecule has 0 radical (unpaired) electrons. The van der Waals surface area contributed by atoms with E-state index in [2.05, 4.69) is 20.9 Å². The lowest BCUT2D eigenvalue weighted by Gasteiger charge is -2.11. The van der Waals surface area contributed by atoms with Crippen molar-refractivity contribution in [2.24, 2.45) is 10.2 Å². The average Bonchev–Trinajstić information content (AvgIpc) is 3.02. The van der Waals surface area contributed by atoms with Gasteiger partial charge in [0.05, 0.1) is 18.3 Å². The van der Waals surface area contributed by atoms with Gasteiger partial charge < -0.3 is 15.5 Å². The first-order chi connectivity index (χ1) is 12.6. The Morgan fingerprint density at radius 2 is 2.15 bits per heavy atom. The van der Waals surface area contributed by atoms with Crippen LogP contribution in [-0.2, 0) is 9.59 Å². The topological polar surface area (TPSA) is 86.2 Å². The third-order valence-corrected chi connectivity index (χ3v) is 5.10. The number of amides is 1. The van der Waals surface area contributed by atoms with E-state index in [1.807, 2.05) is 48.7 Å². The van der Waals surface area contributed by atoms with E-state index < -0.39 is 0 Å². The van der Waals surface area contributed by atoms with Gasteiger partial charge in [-0.05, 0) is 36.1 Å². The van der Waals surface area contributed by atoms with E-state index in [4.69, 9.17) is 0 Å². The summed E-state index contributed by atoms with van der Waals surface area (Å²) in [4.78, 5) is 25.1. The molecule has 1 aromatic rings. The van der Waals surface area contributed by atoms with E-state index >= 15 is 0 Å². The van der Waals surface area contributed by atoms with Gasteiger partial charge in [-0.3, -0.25) is 9.59 Å². The summed E-state index contributed by atoms with van der Waals surface area (Å²) in [5.41, 5.74) is 1.93. The van der Waals surface area contributed by atoms with Crippen LogP contribution in [0.4, 0.5) is 11.4 Å².